The fourth-order valence-electron chi connectivity index (χ4n) is 2.81. The van der Waals surface area contributed by atoms with E-state index >= 15 is 0 Å². The van der Waals surface area contributed by atoms with Crippen molar-refractivity contribution in [2.75, 3.05) is 17.2 Å². The van der Waals surface area contributed by atoms with E-state index in [4.69, 9.17) is 11.6 Å². The van der Waals surface area contributed by atoms with Gasteiger partial charge >= 0.3 is 0 Å². The van der Waals surface area contributed by atoms with Crippen LogP contribution >= 0.6 is 11.6 Å². The Morgan fingerprint density at radius 2 is 2.25 bits per heavy atom. The first kappa shape index (κ1) is 15.4. The normalized spacial score (nSPS) is 21.5. The third-order valence-corrected chi connectivity index (χ3v) is 4.10. The van der Waals surface area contributed by atoms with Crippen LogP contribution in [0, 0.1) is 5.41 Å². The summed E-state index contributed by atoms with van der Waals surface area (Å²) in [6.07, 6.45) is 7.61. The lowest BCUT2D eigenvalue weighted by Crippen LogP contribution is -2.32. The molecule has 1 heterocycles. The number of aromatic nitrogens is 2. The highest BCUT2D eigenvalue weighted by Crippen LogP contribution is 2.36. The first-order chi connectivity index (χ1) is 9.50. The summed E-state index contributed by atoms with van der Waals surface area (Å²) >= 11 is 6.21. The highest BCUT2D eigenvalue weighted by Gasteiger charge is 2.28. The molecule has 0 spiro atoms. The van der Waals surface area contributed by atoms with Crippen molar-refractivity contribution in [3.05, 3.63) is 11.2 Å². The van der Waals surface area contributed by atoms with Crippen LogP contribution in [-0.2, 0) is 0 Å². The van der Waals surface area contributed by atoms with Crippen molar-refractivity contribution >= 4 is 23.4 Å². The highest BCUT2D eigenvalue weighted by molar-refractivity contribution is 6.32. The van der Waals surface area contributed by atoms with Gasteiger partial charge in [-0.3, -0.25) is 0 Å². The molecule has 5 heteroatoms. The molecule has 0 aliphatic heterocycles. The first-order valence-corrected chi connectivity index (χ1v) is 7.91. The summed E-state index contributed by atoms with van der Waals surface area (Å²) in [5, 5.41) is 7.29. The molecule has 0 bridgehead atoms. The predicted molar refractivity (Wildman–Crippen MR) is 85.5 cm³/mol. The molecule has 4 nitrogen and oxygen atoms in total. The van der Waals surface area contributed by atoms with Gasteiger partial charge in [0.15, 0.2) is 5.82 Å². The molecule has 1 unspecified atom stereocenters. The Labute approximate surface area is 126 Å². The third kappa shape index (κ3) is 4.23. The average Bonchev–Trinajstić information content (AvgIpc) is 2.38. The zero-order valence-corrected chi connectivity index (χ0v) is 13.4. The molecule has 1 aromatic rings. The Hall–Kier alpha value is -1.03. The van der Waals surface area contributed by atoms with Gasteiger partial charge in [-0.15, -0.1) is 0 Å². The first-order valence-electron chi connectivity index (χ1n) is 7.53. The van der Waals surface area contributed by atoms with Gasteiger partial charge in [-0.1, -0.05) is 38.8 Å². The van der Waals surface area contributed by atoms with Crippen molar-refractivity contribution in [3.63, 3.8) is 0 Å². The number of hydrogen-bond donors (Lipinski definition) is 2. The summed E-state index contributed by atoms with van der Waals surface area (Å²) in [5.41, 5.74) is 0.402. The molecule has 2 N–H and O–H groups in total. The molecular weight excluding hydrogens is 272 g/mol. The smallest absolute Gasteiger partial charge is 0.224 e. The number of anilines is 2. The van der Waals surface area contributed by atoms with Crippen LogP contribution < -0.4 is 10.6 Å². The molecule has 0 amide bonds. The number of hydrogen-bond acceptors (Lipinski definition) is 4. The van der Waals surface area contributed by atoms with Crippen LogP contribution in [0.4, 0.5) is 11.8 Å². The topological polar surface area (TPSA) is 49.8 Å². The summed E-state index contributed by atoms with van der Waals surface area (Å²) in [6, 6.07) is 0.449. The van der Waals surface area contributed by atoms with Gasteiger partial charge in [-0.25, -0.2) is 4.98 Å². The quantitative estimate of drug-likeness (QED) is 0.849. The minimum Gasteiger partial charge on any atom is -0.366 e. The number of nitrogens with one attached hydrogen (secondary N) is 2. The lowest BCUT2D eigenvalue weighted by atomic mass is 9.75. The summed E-state index contributed by atoms with van der Waals surface area (Å²) in [6.45, 7) is 7.65. The maximum absolute atomic E-state index is 6.21. The van der Waals surface area contributed by atoms with E-state index in [1.54, 1.807) is 6.20 Å². The van der Waals surface area contributed by atoms with Crippen LogP contribution in [0.15, 0.2) is 6.20 Å². The molecule has 1 aliphatic rings. The average molecular weight is 297 g/mol. The molecule has 2 rings (SSSR count). The standard InChI is InChI=1S/C15H25ClN4/c1-4-8-17-14-18-10-12(16)13(20-14)19-11-6-5-7-15(2,3)9-11/h10-11H,4-9H2,1-3H3,(H2,17,18,19,20). The summed E-state index contributed by atoms with van der Waals surface area (Å²) in [7, 11) is 0. The third-order valence-electron chi connectivity index (χ3n) is 3.82. The zero-order chi connectivity index (χ0) is 14.6. The number of halogens is 1. The maximum Gasteiger partial charge on any atom is 0.224 e. The molecular formula is C15H25ClN4. The van der Waals surface area contributed by atoms with Gasteiger partial charge < -0.3 is 10.6 Å². The van der Waals surface area contributed by atoms with Crippen molar-refractivity contribution in [3.8, 4) is 0 Å². The molecule has 0 aromatic carbocycles. The minimum atomic E-state index is 0.402. The molecule has 0 saturated heterocycles. The summed E-state index contributed by atoms with van der Waals surface area (Å²) < 4.78 is 0. The van der Waals surface area contributed by atoms with Crippen LogP contribution in [0.2, 0.25) is 5.02 Å². The predicted octanol–water partition coefficient (Wildman–Crippen LogP) is 4.33. The van der Waals surface area contributed by atoms with Crippen molar-refractivity contribution in [2.24, 2.45) is 5.41 Å². The van der Waals surface area contributed by atoms with Crippen molar-refractivity contribution in [2.45, 2.75) is 58.9 Å². The summed E-state index contributed by atoms with van der Waals surface area (Å²) in [4.78, 5) is 8.69. The van der Waals surface area contributed by atoms with E-state index in [0.717, 1.165) is 25.2 Å². The van der Waals surface area contributed by atoms with Gasteiger partial charge in [0.1, 0.15) is 5.02 Å². The van der Waals surface area contributed by atoms with E-state index in [1.165, 1.54) is 19.3 Å². The molecule has 20 heavy (non-hydrogen) atoms. The van der Waals surface area contributed by atoms with Gasteiger partial charge in [0.25, 0.3) is 0 Å². The Morgan fingerprint density at radius 1 is 1.45 bits per heavy atom. The molecule has 0 radical (unpaired) electrons. The van der Waals surface area contributed by atoms with Gasteiger partial charge in [-0.05, 0) is 31.1 Å². The van der Waals surface area contributed by atoms with Gasteiger partial charge in [-0.2, -0.15) is 4.98 Å². The van der Waals surface area contributed by atoms with Crippen LogP contribution in [-0.4, -0.2) is 22.6 Å². The molecule has 1 aromatic heterocycles. The molecule has 1 fully saturated rings. The van der Waals surface area contributed by atoms with Gasteiger partial charge in [0.05, 0.1) is 6.20 Å². The lowest BCUT2D eigenvalue weighted by Gasteiger charge is -2.35. The Balaban J connectivity index is 2.04. The second-order valence-electron chi connectivity index (χ2n) is 6.42. The Bertz CT molecular complexity index is 447. The highest BCUT2D eigenvalue weighted by atomic mass is 35.5. The van der Waals surface area contributed by atoms with Crippen LogP contribution in [0.3, 0.4) is 0 Å². The Kier molecular flexibility index (Phi) is 5.08. The van der Waals surface area contributed by atoms with Gasteiger partial charge in [0.2, 0.25) is 5.95 Å². The second kappa shape index (κ2) is 6.61. The molecule has 112 valence electrons. The molecule has 1 atom stereocenters. The fourth-order valence-corrected chi connectivity index (χ4v) is 2.95. The van der Waals surface area contributed by atoms with E-state index in [9.17, 15) is 0 Å². The van der Waals surface area contributed by atoms with Crippen LogP contribution in [0.1, 0.15) is 52.9 Å². The van der Waals surface area contributed by atoms with Crippen molar-refractivity contribution in [1.29, 1.82) is 0 Å². The van der Waals surface area contributed by atoms with E-state index in [0.29, 0.717) is 22.4 Å². The van der Waals surface area contributed by atoms with Gasteiger partial charge in [0, 0.05) is 12.6 Å². The van der Waals surface area contributed by atoms with Crippen LogP contribution in [0.5, 0.6) is 0 Å². The van der Waals surface area contributed by atoms with Crippen LogP contribution in [0.25, 0.3) is 0 Å². The number of rotatable bonds is 5. The SMILES string of the molecule is CCCNc1ncc(Cl)c(NC2CCCC(C)(C)C2)n1. The Morgan fingerprint density at radius 3 is 2.95 bits per heavy atom. The van der Waals surface area contributed by atoms with E-state index < -0.39 is 0 Å². The van der Waals surface area contributed by atoms with E-state index in [2.05, 4.69) is 41.4 Å². The second-order valence-corrected chi connectivity index (χ2v) is 6.83. The molecule has 1 aliphatic carbocycles. The van der Waals surface area contributed by atoms with Crippen molar-refractivity contribution in [1.82, 2.24) is 9.97 Å². The zero-order valence-electron chi connectivity index (χ0n) is 12.7. The number of nitrogens with zero attached hydrogens (tertiary/aromatic N) is 2. The van der Waals surface area contributed by atoms with E-state index in [-0.39, 0.29) is 0 Å². The molecule has 1 saturated carbocycles. The van der Waals surface area contributed by atoms with Crippen molar-refractivity contribution < 1.29 is 0 Å². The fraction of sp³-hybridized carbons (Fsp3) is 0.733. The van der Waals surface area contributed by atoms with E-state index in [1.807, 2.05) is 0 Å². The minimum absolute atomic E-state index is 0.402. The lowest BCUT2D eigenvalue weighted by molar-refractivity contribution is 0.229. The largest absolute Gasteiger partial charge is 0.366 e. The maximum atomic E-state index is 6.21. The monoisotopic (exact) mass is 296 g/mol. The summed E-state index contributed by atoms with van der Waals surface area (Å²) in [5.74, 6) is 1.40.